The summed E-state index contributed by atoms with van der Waals surface area (Å²) < 4.78 is 44.5. The maximum Gasteiger partial charge on any atom is 0.262 e. The van der Waals surface area contributed by atoms with Crippen molar-refractivity contribution in [1.29, 1.82) is 0 Å². The van der Waals surface area contributed by atoms with Crippen molar-refractivity contribution in [2.45, 2.75) is 30.4 Å². The fourth-order valence-electron chi connectivity index (χ4n) is 3.67. The van der Waals surface area contributed by atoms with E-state index in [1.807, 2.05) is 24.3 Å². The Hall–Kier alpha value is -3.56. The topological polar surface area (TPSA) is 103 Å². The molecule has 184 valence electrons. The monoisotopic (exact) mass is 496 g/mol. The van der Waals surface area contributed by atoms with Crippen molar-refractivity contribution in [1.82, 2.24) is 5.32 Å². The smallest absolute Gasteiger partial charge is 0.262 e. The summed E-state index contributed by atoms with van der Waals surface area (Å²) in [6.07, 6.45) is 2.26. The second kappa shape index (κ2) is 11.2. The van der Waals surface area contributed by atoms with E-state index in [4.69, 9.17) is 14.2 Å². The number of carbonyl (C=O) groups is 1. The second-order valence-electron chi connectivity index (χ2n) is 8.10. The second-order valence-corrected chi connectivity index (χ2v) is 9.79. The Labute approximate surface area is 205 Å². The highest BCUT2D eigenvalue weighted by Gasteiger charge is 2.18. The molecule has 0 saturated carbocycles. The molecule has 1 atom stereocenters. The molecule has 1 saturated heterocycles. The van der Waals surface area contributed by atoms with E-state index < -0.39 is 10.0 Å². The number of nitrogens with one attached hydrogen (secondary N) is 2. The van der Waals surface area contributed by atoms with E-state index in [1.54, 1.807) is 24.3 Å². The fraction of sp³-hybridized carbons (Fsp3) is 0.269. The van der Waals surface area contributed by atoms with Crippen LogP contribution < -0.4 is 19.5 Å². The molecule has 0 aliphatic carbocycles. The van der Waals surface area contributed by atoms with Crippen LogP contribution in [-0.2, 0) is 21.3 Å². The van der Waals surface area contributed by atoms with Gasteiger partial charge < -0.3 is 19.5 Å². The molecule has 1 aliphatic heterocycles. The molecule has 0 aromatic heterocycles. The van der Waals surface area contributed by atoms with E-state index in [9.17, 15) is 13.2 Å². The van der Waals surface area contributed by atoms with Crippen LogP contribution in [0.15, 0.2) is 77.7 Å². The lowest BCUT2D eigenvalue weighted by molar-refractivity contribution is 0.0679. The van der Waals surface area contributed by atoms with Gasteiger partial charge in [0.2, 0.25) is 0 Å². The lowest BCUT2D eigenvalue weighted by Crippen LogP contribution is -2.23. The standard InChI is InChI=1S/C26H28N2O6S/c1-32-25-7-3-2-6-24(25)28-35(30,31)23-14-10-20(11-15-23)26(29)27-17-19-8-12-21(13-9-19)34-18-22-5-4-16-33-22/h2-3,6-15,22,28H,4-5,16-18H2,1H3,(H,27,29). The zero-order valence-electron chi connectivity index (χ0n) is 19.4. The van der Waals surface area contributed by atoms with Crippen molar-refractivity contribution in [3.8, 4) is 11.5 Å². The third-order valence-electron chi connectivity index (χ3n) is 5.61. The summed E-state index contributed by atoms with van der Waals surface area (Å²) in [5, 5.41) is 2.84. The first-order chi connectivity index (χ1) is 16.9. The first-order valence-corrected chi connectivity index (χ1v) is 12.8. The number of carbonyl (C=O) groups excluding carboxylic acids is 1. The van der Waals surface area contributed by atoms with Crippen LogP contribution in [0.25, 0.3) is 0 Å². The Bertz CT molecular complexity index is 1240. The summed E-state index contributed by atoms with van der Waals surface area (Å²) in [6.45, 7) is 1.67. The lowest BCUT2D eigenvalue weighted by atomic mass is 10.2. The minimum atomic E-state index is -3.84. The highest BCUT2D eigenvalue weighted by atomic mass is 32.2. The van der Waals surface area contributed by atoms with Crippen molar-refractivity contribution in [3.05, 3.63) is 83.9 Å². The summed E-state index contributed by atoms with van der Waals surface area (Å²) in [7, 11) is -2.37. The summed E-state index contributed by atoms with van der Waals surface area (Å²) in [5.41, 5.74) is 1.61. The lowest BCUT2D eigenvalue weighted by Gasteiger charge is -2.12. The molecule has 4 rings (SSSR count). The van der Waals surface area contributed by atoms with Crippen molar-refractivity contribution in [2.75, 3.05) is 25.0 Å². The molecular formula is C26H28N2O6S. The quantitative estimate of drug-likeness (QED) is 0.440. The Kier molecular flexibility index (Phi) is 7.89. The number of para-hydroxylation sites is 2. The predicted octanol–water partition coefficient (Wildman–Crippen LogP) is 3.98. The minimum absolute atomic E-state index is 0.0403. The molecule has 1 fully saturated rings. The highest BCUT2D eigenvalue weighted by Crippen LogP contribution is 2.26. The molecule has 9 heteroatoms. The normalized spacial score (nSPS) is 15.4. The number of anilines is 1. The molecule has 3 aromatic rings. The number of amides is 1. The molecule has 1 aliphatic rings. The predicted molar refractivity (Wildman–Crippen MR) is 132 cm³/mol. The number of rotatable bonds is 10. The number of hydrogen-bond donors (Lipinski definition) is 2. The van der Waals surface area contributed by atoms with E-state index in [-0.39, 0.29) is 16.9 Å². The van der Waals surface area contributed by atoms with Gasteiger partial charge in [0.25, 0.3) is 15.9 Å². The molecular weight excluding hydrogens is 468 g/mol. The molecule has 1 amide bonds. The summed E-state index contributed by atoms with van der Waals surface area (Å²) in [6, 6.07) is 20.0. The number of methoxy groups -OCH3 is 1. The fourth-order valence-corrected chi connectivity index (χ4v) is 4.74. The van der Waals surface area contributed by atoms with E-state index >= 15 is 0 Å². The van der Waals surface area contributed by atoms with Gasteiger partial charge in [-0.1, -0.05) is 24.3 Å². The van der Waals surface area contributed by atoms with Crippen molar-refractivity contribution in [3.63, 3.8) is 0 Å². The molecule has 0 spiro atoms. The molecule has 3 aromatic carbocycles. The van der Waals surface area contributed by atoms with Crippen LogP contribution in [0.2, 0.25) is 0 Å². The zero-order valence-corrected chi connectivity index (χ0v) is 20.2. The van der Waals surface area contributed by atoms with Gasteiger partial charge in [-0.05, 0) is 66.9 Å². The van der Waals surface area contributed by atoms with Crippen LogP contribution in [0.4, 0.5) is 5.69 Å². The van der Waals surface area contributed by atoms with Gasteiger partial charge in [0.15, 0.2) is 0 Å². The summed E-state index contributed by atoms with van der Waals surface area (Å²) >= 11 is 0. The molecule has 1 unspecified atom stereocenters. The van der Waals surface area contributed by atoms with Gasteiger partial charge in [-0.2, -0.15) is 0 Å². The molecule has 35 heavy (non-hydrogen) atoms. The first-order valence-electron chi connectivity index (χ1n) is 11.3. The maximum atomic E-state index is 12.7. The molecule has 0 radical (unpaired) electrons. The van der Waals surface area contributed by atoms with Gasteiger partial charge in [0.05, 0.1) is 23.8 Å². The minimum Gasteiger partial charge on any atom is -0.495 e. The molecule has 1 heterocycles. The third kappa shape index (κ3) is 6.52. The Morgan fingerprint density at radius 1 is 1.03 bits per heavy atom. The number of hydrogen-bond acceptors (Lipinski definition) is 6. The SMILES string of the molecule is COc1ccccc1NS(=O)(=O)c1ccc(C(=O)NCc2ccc(OCC3CCCO3)cc2)cc1. The van der Waals surface area contributed by atoms with Crippen molar-refractivity contribution in [2.24, 2.45) is 0 Å². The number of sulfonamides is 1. The van der Waals surface area contributed by atoms with Gasteiger partial charge in [0.1, 0.15) is 18.1 Å². The first kappa shape index (κ1) is 24.6. The number of ether oxygens (including phenoxy) is 3. The van der Waals surface area contributed by atoms with Crippen LogP contribution in [0.5, 0.6) is 11.5 Å². The van der Waals surface area contributed by atoms with Gasteiger partial charge in [-0.15, -0.1) is 0 Å². The van der Waals surface area contributed by atoms with Crippen LogP contribution in [0.3, 0.4) is 0 Å². The zero-order chi connectivity index (χ0) is 24.7. The van der Waals surface area contributed by atoms with Gasteiger partial charge in [0, 0.05) is 18.7 Å². The largest absolute Gasteiger partial charge is 0.495 e. The third-order valence-corrected chi connectivity index (χ3v) is 7.00. The van der Waals surface area contributed by atoms with E-state index in [1.165, 1.54) is 31.4 Å². The molecule has 0 bridgehead atoms. The van der Waals surface area contributed by atoms with Crippen molar-refractivity contribution < 1.29 is 27.4 Å². The Balaban J connectivity index is 1.30. The average molecular weight is 497 g/mol. The van der Waals surface area contributed by atoms with E-state index in [0.717, 1.165) is 30.8 Å². The van der Waals surface area contributed by atoms with Gasteiger partial charge in [-0.3, -0.25) is 9.52 Å². The van der Waals surface area contributed by atoms with Crippen LogP contribution >= 0.6 is 0 Å². The van der Waals surface area contributed by atoms with Crippen LogP contribution in [0, 0.1) is 0 Å². The van der Waals surface area contributed by atoms with Crippen LogP contribution in [0.1, 0.15) is 28.8 Å². The van der Waals surface area contributed by atoms with Crippen molar-refractivity contribution >= 4 is 21.6 Å². The van der Waals surface area contributed by atoms with Crippen LogP contribution in [-0.4, -0.2) is 40.8 Å². The Morgan fingerprint density at radius 3 is 2.46 bits per heavy atom. The van der Waals surface area contributed by atoms with E-state index in [2.05, 4.69) is 10.0 Å². The molecule has 2 N–H and O–H groups in total. The summed E-state index contributed by atoms with van der Waals surface area (Å²) in [5.74, 6) is 0.869. The van der Waals surface area contributed by atoms with Gasteiger partial charge >= 0.3 is 0 Å². The number of benzene rings is 3. The summed E-state index contributed by atoms with van der Waals surface area (Å²) in [4.78, 5) is 12.6. The van der Waals surface area contributed by atoms with Gasteiger partial charge in [-0.25, -0.2) is 8.42 Å². The molecule has 8 nitrogen and oxygen atoms in total. The maximum absolute atomic E-state index is 12.7. The highest BCUT2D eigenvalue weighted by molar-refractivity contribution is 7.92. The average Bonchev–Trinajstić information content (AvgIpc) is 3.41. The van der Waals surface area contributed by atoms with E-state index in [0.29, 0.717) is 30.2 Å². The Morgan fingerprint density at radius 2 is 1.77 bits per heavy atom.